The number of amides is 2. The first-order valence-electron chi connectivity index (χ1n) is 10.6. The number of carbonyl (C=O) groups excluding carboxylic acids is 1. The van der Waals surface area contributed by atoms with Gasteiger partial charge in [0.15, 0.2) is 5.82 Å². The zero-order valence-electron chi connectivity index (χ0n) is 17.8. The van der Waals surface area contributed by atoms with Gasteiger partial charge in [-0.3, -0.25) is 4.68 Å². The fourth-order valence-corrected chi connectivity index (χ4v) is 4.29. The van der Waals surface area contributed by atoms with Crippen LogP contribution in [0.3, 0.4) is 0 Å². The lowest BCUT2D eigenvalue weighted by Gasteiger charge is -2.36. The molecule has 1 fully saturated rings. The van der Waals surface area contributed by atoms with Crippen molar-refractivity contribution in [1.82, 2.24) is 25.0 Å². The highest BCUT2D eigenvalue weighted by Crippen LogP contribution is 2.36. The van der Waals surface area contributed by atoms with Gasteiger partial charge in [-0.15, -0.1) is 0 Å². The molecule has 1 aliphatic heterocycles. The Morgan fingerprint density at radius 1 is 1.30 bits per heavy atom. The fourth-order valence-electron chi connectivity index (χ4n) is 4.29. The number of benzene rings is 1. The lowest BCUT2D eigenvalue weighted by Crippen LogP contribution is -2.50. The van der Waals surface area contributed by atoms with Gasteiger partial charge in [0.2, 0.25) is 0 Å². The number of likely N-dealkylation sites (tertiary alicyclic amines) is 1. The molecule has 0 bridgehead atoms. The van der Waals surface area contributed by atoms with Crippen LogP contribution < -0.4 is 11.1 Å². The summed E-state index contributed by atoms with van der Waals surface area (Å²) in [6.07, 6.45) is 0.839. The largest absolute Gasteiger partial charge is 0.382 e. The quantitative estimate of drug-likeness (QED) is 0.685. The van der Waals surface area contributed by atoms with E-state index in [1.807, 2.05) is 49.7 Å². The molecule has 0 saturated carbocycles. The second-order valence-electron chi connectivity index (χ2n) is 8.42. The normalized spacial score (nSPS) is 16.5. The highest BCUT2D eigenvalue weighted by atomic mass is 19.1. The van der Waals surface area contributed by atoms with E-state index in [1.165, 1.54) is 0 Å². The molecule has 1 aliphatic rings. The van der Waals surface area contributed by atoms with E-state index >= 15 is 4.39 Å². The number of hydrogen-bond donors (Lipinski definition) is 2. The first kappa shape index (κ1) is 20.4. The predicted molar refractivity (Wildman–Crippen MR) is 117 cm³/mol. The predicted octanol–water partition coefficient (Wildman–Crippen LogP) is 3.65. The third-order valence-corrected chi connectivity index (χ3v) is 5.86. The number of para-hydroxylation sites is 1. The van der Waals surface area contributed by atoms with Crippen molar-refractivity contribution in [2.75, 3.05) is 18.8 Å². The zero-order chi connectivity index (χ0) is 21.5. The van der Waals surface area contributed by atoms with E-state index in [-0.39, 0.29) is 18.5 Å². The Bertz CT molecular complexity index is 1080. The van der Waals surface area contributed by atoms with Crippen LogP contribution in [0.4, 0.5) is 15.0 Å². The van der Waals surface area contributed by atoms with E-state index in [0.717, 1.165) is 22.0 Å². The molecule has 1 saturated heterocycles. The standard InChI is InChI=1S/C22H29FN6O/c1-4-29-17(13-22(23)9-11-28(12-10-22)21(30)25-14(2)3)18-15-7-5-6-8-16(15)26-20(24)19(18)27-29/h5-8,14H,4,9-13H2,1-3H3,(H2,24,26)(H,25,30). The number of urea groups is 1. The van der Waals surface area contributed by atoms with Crippen molar-refractivity contribution in [2.24, 2.45) is 0 Å². The van der Waals surface area contributed by atoms with Crippen molar-refractivity contribution in [2.45, 2.75) is 58.3 Å². The number of nitrogens with two attached hydrogens (primary N) is 1. The number of rotatable bonds is 4. The van der Waals surface area contributed by atoms with E-state index in [2.05, 4.69) is 15.4 Å². The Labute approximate surface area is 175 Å². The number of nitrogens with one attached hydrogen (secondary N) is 1. The summed E-state index contributed by atoms with van der Waals surface area (Å²) in [5.41, 5.74) is 7.05. The van der Waals surface area contributed by atoms with Gasteiger partial charge in [0.05, 0.1) is 11.2 Å². The molecule has 0 aliphatic carbocycles. The molecule has 0 radical (unpaired) electrons. The van der Waals surface area contributed by atoms with Crippen LogP contribution in [0.1, 0.15) is 39.3 Å². The number of pyridine rings is 1. The number of alkyl halides is 1. The lowest BCUT2D eigenvalue weighted by molar-refractivity contribution is 0.0694. The van der Waals surface area contributed by atoms with Gasteiger partial charge < -0.3 is 16.0 Å². The summed E-state index contributed by atoms with van der Waals surface area (Å²) in [4.78, 5) is 18.4. The molecule has 3 aromatic rings. The van der Waals surface area contributed by atoms with E-state index in [4.69, 9.17) is 5.73 Å². The van der Waals surface area contributed by atoms with Crippen molar-refractivity contribution in [1.29, 1.82) is 0 Å². The van der Waals surface area contributed by atoms with Gasteiger partial charge in [-0.2, -0.15) is 5.10 Å². The van der Waals surface area contributed by atoms with Gasteiger partial charge in [0.1, 0.15) is 11.2 Å². The molecule has 2 amide bonds. The van der Waals surface area contributed by atoms with Crippen LogP contribution in [-0.2, 0) is 13.0 Å². The van der Waals surface area contributed by atoms with Crippen LogP contribution in [0, 0.1) is 0 Å². The summed E-state index contributed by atoms with van der Waals surface area (Å²) >= 11 is 0. The molecular weight excluding hydrogens is 383 g/mol. The number of hydrogen-bond acceptors (Lipinski definition) is 4. The second-order valence-corrected chi connectivity index (χ2v) is 8.42. The molecule has 2 aromatic heterocycles. The third kappa shape index (κ3) is 3.66. The Morgan fingerprint density at radius 3 is 2.67 bits per heavy atom. The summed E-state index contributed by atoms with van der Waals surface area (Å²) in [6.45, 7) is 7.25. The molecule has 4 rings (SSSR count). The van der Waals surface area contributed by atoms with Crippen LogP contribution in [0.2, 0.25) is 0 Å². The van der Waals surface area contributed by atoms with E-state index in [1.54, 1.807) is 4.90 Å². The summed E-state index contributed by atoms with van der Waals surface area (Å²) in [7, 11) is 0. The van der Waals surface area contributed by atoms with Crippen molar-refractivity contribution in [3.05, 3.63) is 30.0 Å². The van der Waals surface area contributed by atoms with E-state index < -0.39 is 5.67 Å². The average molecular weight is 413 g/mol. The van der Waals surface area contributed by atoms with E-state index in [0.29, 0.717) is 43.8 Å². The lowest BCUT2D eigenvalue weighted by atomic mass is 9.87. The Kier molecular flexibility index (Phi) is 5.26. The topological polar surface area (TPSA) is 89.1 Å². The molecule has 0 atom stereocenters. The maximum Gasteiger partial charge on any atom is 0.317 e. The number of nitrogen functional groups attached to an aromatic ring is 1. The number of aromatic nitrogens is 3. The maximum atomic E-state index is 15.9. The van der Waals surface area contributed by atoms with Crippen LogP contribution in [-0.4, -0.2) is 50.5 Å². The Hall–Kier alpha value is -2.90. The van der Waals surface area contributed by atoms with Gasteiger partial charge in [-0.25, -0.2) is 14.2 Å². The van der Waals surface area contributed by atoms with Crippen LogP contribution in [0.25, 0.3) is 21.8 Å². The van der Waals surface area contributed by atoms with Crippen molar-refractivity contribution in [3.8, 4) is 0 Å². The van der Waals surface area contributed by atoms with Crippen molar-refractivity contribution >= 4 is 33.7 Å². The second kappa shape index (κ2) is 7.74. The number of piperidine rings is 1. The molecule has 3 N–H and O–H groups in total. The van der Waals surface area contributed by atoms with Gasteiger partial charge in [0, 0.05) is 42.9 Å². The molecule has 0 spiro atoms. The first-order valence-corrected chi connectivity index (χ1v) is 10.6. The minimum atomic E-state index is -1.40. The van der Waals surface area contributed by atoms with Crippen molar-refractivity contribution < 1.29 is 9.18 Å². The highest BCUT2D eigenvalue weighted by Gasteiger charge is 2.38. The molecule has 160 valence electrons. The molecule has 30 heavy (non-hydrogen) atoms. The van der Waals surface area contributed by atoms with Crippen LogP contribution in [0.15, 0.2) is 24.3 Å². The van der Waals surface area contributed by atoms with Gasteiger partial charge in [-0.05, 0) is 39.7 Å². The summed E-state index contributed by atoms with van der Waals surface area (Å²) in [5, 5.41) is 9.35. The molecule has 0 unspecified atom stereocenters. The SMILES string of the molecule is CCn1nc2c(N)nc3ccccc3c2c1CC1(F)CCN(C(=O)NC(C)C)CC1. The number of halogens is 1. The number of carbonyl (C=O) groups is 1. The minimum absolute atomic E-state index is 0.0622. The van der Waals surface area contributed by atoms with Gasteiger partial charge in [-0.1, -0.05) is 18.2 Å². The first-order chi connectivity index (χ1) is 14.3. The number of fused-ring (bicyclic) bond motifs is 3. The van der Waals surface area contributed by atoms with Gasteiger partial charge in [0.25, 0.3) is 0 Å². The van der Waals surface area contributed by atoms with E-state index in [9.17, 15) is 4.79 Å². The van der Waals surface area contributed by atoms with Crippen LogP contribution >= 0.6 is 0 Å². The monoisotopic (exact) mass is 412 g/mol. The average Bonchev–Trinajstić information content (AvgIpc) is 3.07. The smallest absolute Gasteiger partial charge is 0.317 e. The number of nitrogens with zero attached hydrogens (tertiary/aromatic N) is 4. The Balaban J connectivity index is 1.66. The number of anilines is 1. The molecule has 7 nitrogen and oxygen atoms in total. The molecule has 3 heterocycles. The van der Waals surface area contributed by atoms with Crippen LogP contribution in [0.5, 0.6) is 0 Å². The molecular formula is C22H29FN6O. The molecule has 1 aromatic carbocycles. The molecule has 8 heteroatoms. The fraction of sp³-hybridized carbons (Fsp3) is 0.500. The zero-order valence-corrected chi connectivity index (χ0v) is 17.8. The summed E-state index contributed by atoms with van der Waals surface area (Å²) in [6, 6.07) is 7.70. The number of aryl methyl sites for hydroxylation is 1. The summed E-state index contributed by atoms with van der Waals surface area (Å²) < 4.78 is 17.8. The van der Waals surface area contributed by atoms with Crippen molar-refractivity contribution in [3.63, 3.8) is 0 Å². The minimum Gasteiger partial charge on any atom is -0.382 e. The Morgan fingerprint density at radius 2 is 2.00 bits per heavy atom. The highest BCUT2D eigenvalue weighted by molar-refractivity contribution is 6.09. The maximum absolute atomic E-state index is 15.9. The summed E-state index contributed by atoms with van der Waals surface area (Å²) in [5.74, 6) is 0.366. The third-order valence-electron chi connectivity index (χ3n) is 5.86. The van der Waals surface area contributed by atoms with Gasteiger partial charge >= 0.3 is 6.03 Å².